The van der Waals surface area contributed by atoms with Gasteiger partial charge in [0.15, 0.2) is 0 Å². The van der Waals surface area contributed by atoms with Crippen molar-refractivity contribution in [3.8, 4) is 5.75 Å². The van der Waals surface area contributed by atoms with Gasteiger partial charge in [0.05, 0.1) is 6.61 Å². The van der Waals surface area contributed by atoms with Gasteiger partial charge in [0.25, 0.3) is 0 Å². The molecule has 0 heterocycles. The average molecular weight is 262 g/mol. The molecule has 0 radical (unpaired) electrons. The van der Waals surface area contributed by atoms with E-state index in [0.29, 0.717) is 18.9 Å². The monoisotopic (exact) mass is 262 g/mol. The largest absolute Gasteiger partial charge is 0.493 e. The second-order valence-electron chi connectivity index (χ2n) is 5.76. The third-order valence-electron chi connectivity index (χ3n) is 3.94. The standard InChI is InChI=1S/C15H22N2O2/c1-10-6-11(2)12(3)13(7-10)19-9-15(4-5-15)8-14(16)17-18/h6-7,18H,4-5,8-9H2,1-3H3,(H2,16,17). The van der Waals surface area contributed by atoms with Gasteiger partial charge in [-0.25, -0.2) is 0 Å². The van der Waals surface area contributed by atoms with Gasteiger partial charge in [-0.2, -0.15) is 0 Å². The fourth-order valence-electron chi connectivity index (χ4n) is 2.35. The summed E-state index contributed by atoms with van der Waals surface area (Å²) in [5.74, 6) is 1.24. The van der Waals surface area contributed by atoms with Gasteiger partial charge in [-0.05, 0) is 56.4 Å². The highest BCUT2D eigenvalue weighted by Gasteiger charge is 2.44. The van der Waals surface area contributed by atoms with Gasteiger partial charge in [-0.15, -0.1) is 0 Å². The zero-order valence-electron chi connectivity index (χ0n) is 11.9. The molecule has 1 aliphatic carbocycles. The molecule has 0 unspecified atom stereocenters. The molecule has 0 bridgehead atoms. The molecule has 0 amide bonds. The quantitative estimate of drug-likeness (QED) is 0.371. The van der Waals surface area contributed by atoms with Crippen molar-refractivity contribution in [1.29, 1.82) is 0 Å². The molecule has 1 aliphatic rings. The van der Waals surface area contributed by atoms with E-state index in [4.69, 9.17) is 15.7 Å². The van der Waals surface area contributed by atoms with Crippen molar-refractivity contribution in [3.05, 3.63) is 28.8 Å². The number of nitrogens with two attached hydrogens (primary N) is 1. The number of hydrogen-bond donors (Lipinski definition) is 2. The summed E-state index contributed by atoms with van der Waals surface area (Å²) >= 11 is 0. The highest BCUT2D eigenvalue weighted by molar-refractivity contribution is 5.80. The normalized spacial score (nSPS) is 17.3. The van der Waals surface area contributed by atoms with Gasteiger partial charge in [-0.3, -0.25) is 0 Å². The van der Waals surface area contributed by atoms with Crippen LogP contribution in [0, 0.1) is 26.2 Å². The molecule has 4 nitrogen and oxygen atoms in total. The molecule has 1 aromatic carbocycles. The summed E-state index contributed by atoms with van der Waals surface area (Å²) in [6.07, 6.45) is 2.76. The zero-order valence-corrected chi connectivity index (χ0v) is 11.9. The summed E-state index contributed by atoms with van der Waals surface area (Å²) in [4.78, 5) is 0. The van der Waals surface area contributed by atoms with E-state index in [-0.39, 0.29) is 5.41 Å². The number of amidine groups is 1. The van der Waals surface area contributed by atoms with Gasteiger partial charge >= 0.3 is 0 Å². The summed E-state index contributed by atoms with van der Waals surface area (Å²) in [7, 11) is 0. The Bertz CT molecular complexity index is 505. The van der Waals surface area contributed by atoms with E-state index < -0.39 is 0 Å². The highest BCUT2D eigenvalue weighted by atomic mass is 16.5. The predicted molar refractivity (Wildman–Crippen MR) is 75.8 cm³/mol. The number of rotatable bonds is 5. The number of ether oxygens (including phenoxy) is 1. The summed E-state index contributed by atoms with van der Waals surface area (Å²) < 4.78 is 5.98. The van der Waals surface area contributed by atoms with E-state index >= 15 is 0 Å². The molecule has 4 heteroatoms. The van der Waals surface area contributed by atoms with Gasteiger partial charge < -0.3 is 15.7 Å². The molecule has 1 aromatic rings. The number of oxime groups is 1. The first-order chi connectivity index (χ1) is 8.96. The topological polar surface area (TPSA) is 67.8 Å². The zero-order chi connectivity index (χ0) is 14.0. The lowest BCUT2D eigenvalue weighted by molar-refractivity contribution is 0.234. The summed E-state index contributed by atoms with van der Waals surface area (Å²) in [5.41, 5.74) is 9.30. The van der Waals surface area contributed by atoms with Gasteiger partial charge in [0.2, 0.25) is 0 Å². The maximum absolute atomic E-state index is 8.65. The molecule has 1 fully saturated rings. The molecule has 0 saturated heterocycles. The molecule has 3 N–H and O–H groups in total. The molecular formula is C15H22N2O2. The minimum Gasteiger partial charge on any atom is -0.493 e. The molecule has 0 spiro atoms. The highest BCUT2D eigenvalue weighted by Crippen LogP contribution is 2.49. The van der Waals surface area contributed by atoms with Crippen molar-refractivity contribution < 1.29 is 9.94 Å². The Hall–Kier alpha value is -1.71. The van der Waals surface area contributed by atoms with E-state index in [1.807, 2.05) is 0 Å². The van der Waals surface area contributed by atoms with Crippen LogP contribution in [-0.4, -0.2) is 17.6 Å². The van der Waals surface area contributed by atoms with Crippen LogP contribution in [0.2, 0.25) is 0 Å². The van der Waals surface area contributed by atoms with E-state index in [2.05, 4.69) is 38.1 Å². The third kappa shape index (κ3) is 3.19. The van der Waals surface area contributed by atoms with Gasteiger partial charge in [0.1, 0.15) is 11.6 Å². The first-order valence-electron chi connectivity index (χ1n) is 6.63. The van der Waals surface area contributed by atoms with Crippen molar-refractivity contribution >= 4 is 5.84 Å². The minimum atomic E-state index is 0.0698. The van der Waals surface area contributed by atoms with Crippen molar-refractivity contribution in [3.63, 3.8) is 0 Å². The Morgan fingerprint density at radius 2 is 2.05 bits per heavy atom. The summed E-state index contributed by atoms with van der Waals surface area (Å²) in [6, 6.07) is 4.23. The Labute approximate surface area is 114 Å². The molecule has 19 heavy (non-hydrogen) atoms. The second-order valence-corrected chi connectivity index (χ2v) is 5.76. The first-order valence-corrected chi connectivity index (χ1v) is 6.63. The number of benzene rings is 1. The number of hydrogen-bond acceptors (Lipinski definition) is 3. The van der Waals surface area contributed by atoms with Crippen molar-refractivity contribution in [2.24, 2.45) is 16.3 Å². The maximum atomic E-state index is 8.65. The fraction of sp³-hybridized carbons (Fsp3) is 0.533. The lowest BCUT2D eigenvalue weighted by Gasteiger charge is -2.18. The van der Waals surface area contributed by atoms with Crippen molar-refractivity contribution in [1.82, 2.24) is 0 Å². The SMILES string of the molecule is Cc1cc(C)c(C)c(OCC2(CC(N)=NO)CC2)c1. The van der Waals surface area contributed by atoms with E-state index in [9.17, 15) is 0 Å². The Morgan fingerprint density at radius 3 is 2.63 bits per heavy atom. The van der Waals surface area contributed by atoms with Crippen LogP contribution in [-0.2, 0) is 0 Å². The van der Waals surface area contributed by atoms with E-state index in [1.165, 1.54) is 16.7 Å². The van der Waals surface area contributed by atoms with Crippen molar-refractivity contribution in [2.45, 2.75) is 40.0 Å². The molecule has 104 valence electrons. The molecule has 1 saturated carbocycles. The fourth-order valence-corrected chi connectivity index (χ4v) is 2.35. The predicted octanol–water partition coefficient (Wildman–Crippen LogP) is 2.91. The molecular weight excluding hydrogens is 240 g/mol. The van der Waals surface area contributed by atoms with Crippen LogP contribution in [0.4, 0.5) is 0 Å². The van der Waals surface area contributed by atoms with Crippen LogP contribution < -0.4 is 10.5 Å². The number of aryl methyl sites for hydroxylation is 2. The first kappa shape index (κ1) is 13.7. The summed E-state index contributed by atoms with van der Waals surface area (Å²) in [5, 5.41) is 11.7. The molecule has 0 aromatic heterocycles. The Morgan fingerprint density at radius 1 is 1.37 bits per heavy atom. The van der Waals surface area contributed by atoms with Crippen LogP contribution in [0.5, 0.6) is 5.75 Å². The lowest BCUT2D eigenvalue weighted by atomic mass is 10.0. The van der Waals surface area contributed by atoms with Crippen LogP contribution in [0.1, 0.15) is 36.0 Å². The Kier molecular flexibility index (Phi) is 3.69. The maximum Gasteiger partial charge on any atom is 0.139 e. The van der Waals surface area contributed by atoms with Crippen LogP contribution in [0.25, 0.3) is 0 Å². The molecule has 2 rings (SSSR count). The van der Waals surface area contributed by atoms with Gasteiger partial charge in [-0.1, -0.05) is 11.2 Å². The minimum absolute atomic E-state index is 0.0698. The lowest BCUT2D eigenvalue weighted by Crippen LogP contribution is -2.22. The van der Waals surface area contributed by atoms with Crippen LogP contribution in [0.15, 0.2) is 17.3 Å². The Balaban J connectivity index is 2.03. The van der Waals surface area contributed by atoms with Gasteiger partial charge in [0, 0.05) is 11.8 Å². The van der Waals surface area contributed by atoms with Crippen LogP contribution in [0.3, 0.4) is 0 Å². The smallest absolute Gasteiger partial charge is 0.139 e. The molecule has 0 aliphatic heterocycles. The van der Waals surface area contributed by atoms with Crippen molar-refractivity contribution in [2.75, 3.05) is 6.61 Å². The second kappa shape index (κ2) is 5.11. The van der Waals surface area contributed by atoms with Crippen LogP contribution >= 0.6 is 0 Å². The van der Waals surface area contributed by atoms with E-state index in [0.717, 1.165) is 18.6 Å². The third-order valence-corrected chi connectivity index (χ3v) is 3.94. The summed E-state index contributed by atoms with van der Waals surface area (Å²) in [6.45, 7) is 6.88. The average Bonchev–Trinajstić information content (AvgIpc) is 3.12. The number of nitrogens with zero attached hydrogens (tertiary/aromatic N) is 1. The molecule has 0 atom stereocenters. The van der Waals surface area contributed by atoms with E-state index in [1.54, 1.807) is 0 Å².